The third kappa shape index (κ3) is 2.87. The van der Waals surface area contributed by atoms with Gasteiger partial charge in [0.1, 0.15) is 6.04 Å². The second-order valence-electron chi connectivity index (χ2n) is 4.33. The molecule has 2 atom stereocenters. The van der Waals surface area contributed by atoms with E-state index in [4.69, 9.17) is 10.5 Å². The van der Waals surface area contributed by atoms with Crippen molar-refractivity contribution >= 4 is 5.97 Å². The number of carbonyl (C=O) groups excluding carboxylic acids is 1. The van der Waals surface area contributed by atoms with Gasteiger partial charge in [-0.05, 0) is 24.5 Å². The summed E-state index contributed by atoms with van der Waals surface area (Å²) in [4.78, 5) is 11.6. The quantitative estimate of drug-likeness (QED) is 0.682. The molecule has 0 bridgehead atoms. The number of benzene rings is 1. The first-order valence-corrected chi connectivity index (χ1v) is 6.21. The second-order valence-corrected chi connectivity index (χ2v) is 4.33. The lowest BCUT2D eigenvalue weighted by atomic mass is 10.00. The number of hydrogen-bond acceptors (Lipinski definition) is 5. The van der Waals surface area contributed by atoms with Crippen molar-refractivity contribution < 1.29 is 9.53 Å². The van der Waals surface area contributed by atoms with E-state index >= 15 is 0 Å². The largest absolute Gasteiger partial charge is 0.465 e. The van der Waals surface area contributed by atoms with Crippen LogP contribution in [0.25, 0.3) is 0 Å². The average Bonchev–Trinajstić information content (AvgIpc) is 2.89. The number of hydrogen-bond donors (Lipinski definition) is 3. The Morgan fingerprint density at radius 2 is 2.33 bits per heavy atom. The number of esters is 1. The predicted molar refractivity (Wildman–Crippen MR) is 68.4 cm³/mol. The van der Waals surface area contributed by atoms with Crippen molar-refractivity contribution in [3.05, 3.63) is 35.4 Å². The highest BCUT2D eigenvalue weighted by atomic mass is 16.5. The van der Waals surface area contributed by atoms with Crippen molar-refractivity contribution in [3.8, 4) is 0 Å². The summed E-state index contributed by atoms with van der Waals surface area (Å²) in [5.41, 5.74) is 13.9. The minimum absolute atomic E-state index is 0.117. The van der Waals surface area contributed by atoms with Crippen molar-refractivity contribution in [3.63, 3.8) is 0 Å². The van der Waals surface area contributed by atoms with Gasteiger partial charge in [0.2, 0.25) is 0 Å². The van der Waals surface area contributed by atoms with Crippen LogP contribution < -0.4 is 16.6 Å². The molecule has 1 aromatic rings. The van der Waals surface area contributed by atoms with Gasteiger partial charge < -0.3 is 10.5 Å². The number of hydrazine groups is 1. The zero-order valence-corrected chi connectivity index (χ0v) is 10.5. The molecule has 1 aliphatic heterocycles. The fourth-order valence-electron chi connectivity index (χ4n) is 2.11. The Morgan fingerprint density at radius 1 is 1.50 bits per heavy atom. The van der Waals surface area contributed by atoms with Crippen molar-refractivity contribution in [2.45, 2.75) is 32.0 Å². The van der Waals surface area contributed by atoms with Crippen LogP contribution in [-0.4, -0.2) is 18.6 Å². The highest BCUT2D eigenvalue weighted by molar-refractivity contribution is 5.76. The molecule has 0 aromatic heterocycles. The van der Waals surface area contributed by atoms with Crippen molar-refractivity contribution in [1.82, 2.24) is 10.9 Å². The molecule has 1 saturated heterocycles. The molecule has 2 rings (SSSR count). The number of carbonyl (C=O) groups is 1. The molecule has 0 amide bonds. The monoisotopic (exact) mass is 249 g/mol. The third-order valence-electron chi connectivity index (χ3n) is 3.06. The molecule has 1 aliphatic rings. The standard InChI is InChI=1S/C13H19N3O2/c1-2-18-13(17)12-7-11(15-16-12)10-5-3-4-9(6-10)8-14/h3-6,11-12,15-16H,2,7-8,14H2,1H3. The number of nitrogens with two attached hydrogens (primary N) is 1. The Hall–Kier alpha value is -1.43. The summed E-state index contributed by atoms with van der Waals surface area (Å²) in [6.07, 6.45) is 0.687. The molecule has 1 aromatic carbocycles. The first-order chi connectivity index (χ1) is 8.74. The molecule has 0 radical (unpaired) electrons. The van der Waals surface area contributed by atoms with E-state index in [0.29, 0.717) is 19.6 Å². The zero-order chi connectivity index (χ0) is 13.0. The molecular weight excluding hydrogens is 230 g/mol. The molecule has 0 saturated carbocycles. The van der Waals surface area contributed by atoms with Crippen LogP contribution in [0.4, 0.5) is 0 Å². The van der Waals surface area contributed by atoms with Crippen LogP contribution in [0.1, 0.15) is 30.5 Å². The molecule has 4 N–H and O–H groups in total. The van der Waals surface area contributed by atoms with Crippen molar-refractivity contribution in [1.29, 1.82) is 0 Å². The lowest BCUT2D eigenvalue weighted by Crippen LogP contribution is -2.37. The number of ether oxygens (including phenoxy) is 1. The Morgan fingerprint density at radius 3 is 3.06 bits per heavy atom. The van der Waals surface area contributed by atoms with Gasteiger partial charge >= 0.3 is 5.97 Å². The lowest BCUT2D eigenvalue weighted by molar-refractivity contribution is -0.145. The van der Waals surface area contributed by atoms with Crippen LogP contribution in [0, 0.1) is 0 Å². The molecule has 0 aliphatic carbocycles. The number of rotatable bonds is 4. The van der Waals surface area contributed by atoms with Crippen molar-refractivity contribution in [2.75, 3.05) is 6.61 Å². The lowest BCUT2D eigenvalue weighted by Gasteiger charge is -2.10. The van der Waals surface area contributed by atoms with Crippen LogP contribution in [0.2, 0.25) is 0 Å². The summed E-state index contributed by atoms with van der Waals surface area (Å²) in [6.45, 7) is 2.74. The molecule has 5 heteroatoms. The second kappa shape index (κ2) is 5.95. The maximum Gasteiger partial charge on any atom is 0.324 e. The van der Waals surface area contributed by atoms with Crippen LogP contribution in [0.5, 0.6) is 0 Å². The van der Waals surface area contributed by atoms with Gasteiger partial charge in [0.05, 0.1) is 6.61 Å². The Labute approximate surface area is 107 Å². The van der Waals surface area contributed by atoms with Gasteiger partial charge in [0, 0.05) is 12.6 Å². The highest BCUT2D eigenvalue weighted by Gasteiger charge is 2.30. The summed E-state index contributed by atoms with van der Waals surface area (Å²) < 4.78 is 4.99. The van der Waals surface area contributed by atoms with E-state index in [-0.39, 0.29) is 18.1 Å². The van der Waals surface area contributed by atoms with E-state index < -0.39 is 0 Å². The van der Waals surface area contributed by atoms with Crippen LogP contribution in [0.15, 0.2) is 24.3 Å². The summed E-state index contributed by atoms with van der Waals surface area (Å²) >= 11 is 0. The molecule has 5 nitrogen and oxygen atoms in total. The van der Waals surface area contributed by atoms with E-state index in [1.165, 1.54) is 0 Å². The van der Waals surface area contributed by atoms with Gasteiger partial charge in [-0.25, -0.2) is 10.9 Å². The van der Waals surface area contributed by atoms with Gasteiger partial charge in [-0.2, -0.15) is 0 Å². The van der Waals surface area contributed by atoms with Gasteiger partial charge in [-0.1, -0.05) is 24.3 Å². The number of nitrogens with one attached hydrogen (secondary N) is 2. The minimum atomic E-state index is -0.281. The van der Waals surface area contributed by atoms with Crippen molar-refractivity contribution in [2.24, 2.45) is 5.73 Å². The van der Waals surface area contributed by atoms with Gasteiger partial charge in [-0.15, -0.1) is 0 Å². The Bertz CT molecular complexity index is 422. The van der Waals surface area contributed by atoms with Crippen LogP contribution in [-0.2, 0) is 16.1 Å². The maximum absolute atomic E-state index is 11.6. The summed E-state index contributed by atoms with van der Waals surface area (Å²) in [6, 6.07) is 7.91. The van der Waals surface area contributed by atoms with E-state index in [9.17, 15) is 4.79 Å². The first kappa shape index (κ1) is 13.0. The maximum atomic E-state index is 11.6. The average molecular weight is 249 g/mol. The minimum Gasteiger partial charge on any atom is -0.465 e. The van der Waals surface area contributed by atoms with Gasteiger partial charge in [0.15, 0.2) is 0 Å². The van der Waals surface area contributed by atoms with Gasteiger partial charge in [0.25, 0.3) is 0 Å². The predicted octanol–water partition coefficient (Wildman–Crippen LogP) is 0.616. The molecule has 18 heavy (non-hydrogen) atoms. The summed E-state index contributed by atoms with van der Waals surface area (Å²) in [5.74, 6) is -0.206. The fraction of sp³-hybridized carbons (Fsp3) is 0.462. The summed E-state index contributed by atoms with van der Waals surface area (Å²) in [5, 5.41) is 0. The molecular formula is C13H19N3O2. The fourth-order valence-corrected chi connectivity index (χ4v) is 2.11. The third-order valence-corrected chi connectivity index (χ3v) is 3.06. The molecule has 2 unspecified atom stereocenters. The van der Waals surface area contributed by atoms with E-state index in [1.54, 1.807) is 0 Å². The van der Waals surface area contributed by atoms with Crippen LogP contribution >= 0.6 is 0 Å². The van der Waals surface area contributed by atoms with Gasteiger partial charge in [-0.3, -0.25) is 4.79 Å². The van der Waals surface area contributed by atoms with E-state index in [1.807, 2.05) is 25.1 Å². The summed E-state index contributed by atoms with van der Waals surface area (Å²) in [7, 11) is 0. The molecule has 1 fully saturated rings. The SMILES string of the molecule is CCOC(=O)C1CC(c2cccc(CN)c2)NN1. The van der Waals surface area contributed by atoms with Crippen LogP contribution in [0.3, 0.4) is 0 Å². The normalized spacial score (nSPS) is 23.0. The Kier molecular flexibility index (Phi) is 4.30. The molecule has 1 heterocycles. The smallest absolute Gasteiger partial charge is 0.324 e. The zero-order valence-electron chi connectivity index (χ0n) is 10.5. The topological polar surface area (TPSA) is 76.4 Å². The van der Waals surface area contributed by atoms with E-state index in [2.05, 4.69) is 16.9 Å². The van der Waals surface area contributed by atoms with E-state index in [0.717, 1.165) is 11.1 Å². The first-order valence-electron chi connectivity index (χ1n) is 6.21. The Balaban J connectivity index is 2.01. The molecule has 0 spiro atoms. The highest BCUT2D eigenvalue weighted by Crippen LogP contribution is 2.23. The molecule has 98 valence electrons.